The van der Waals surface area contributed by atoms with Crippen LogP contribution in [-0.4, -0.2) is 29.8 Å². The van der Waals surface area contributed by atoms with Crippen LogP contribution in [-0.2, 0) is 4.79 Å². The van der Waals surface area contributed by atoms with Gasteiger partial charge in [0.15, 0.2) is 0 Å². The fourth-order valence-corrected chi connectivity index (χ4v) is 2.27. The molecule has 1 aliphatic rings. The van der Waals surface area contributed by atoms with Gasteiger partial charge >= 0.3 is 0 Å². The molecule has 1 N–H and O–H groups in total. The van der Waals surface area contributed by atoms with Crippen LogP contribution in [0.4, 0.5) is 5.69 Å². The minimum Gasteiger partial charge on any atom is -0.338 e. The van der Waals surface area contributed by atoms with Gasteiger partial charge in [-0.05, 0) is 43.4 Å². The number of nitrogens with one attached hydrogen (secondary N) is 1. The molecular formula is C16H22N2O2. The van der Waals surface area contributed by atoms with Crippen molar-refractivity contribution in [3.63, 3.8) is 0 Å². The molecule has 1 aliphatic carbocycles. The van der Waals surface area contributed by atoms with Crippen molar-refractivity contribution < 1.29 is 9.59 Å². The number of rotatable bonds is 6. The first-order valence-electron chi connectivity index (χ1n) is 7.27. The summed E-state index contributed by atoms with van der Waals surface area (Å²) in [5.41, 5.74) is 1.32. The predicted octanol–water partition coefficient (Wildman–Crippen LogP) is 2.91. The smallest absolute Gasteiger partial charge is 0.253 e. The molecule has 4 heteroatoms. The minimum atomic E-state index is -0.127. The van der Waals surface area contributed by atoms with Crippen LogP contribution in [0.15, 0.2) is 24.3 Å². The van der Waals surface area contributed by atoms with Crippen molar-refractivity contribution in [2.75, 3.05) is 18.4 Å². The van der Waals surface area contributed by atoms with Gasteiger partial charge < -0.3 is 10.2 Å². The van der Waals surface area contributed by atoms with E-state index >= 15 is 0 Å². The van der Waals surface area contributed by atoms with Crippen molar-refractivity contribution in [3.8, 4) is 0 Å². The Kier molecular flexibility index (Phi) is 4.77. The maximum Gasteiger partial charge on any atom is 0.253 e. The molecular weight excluding hydrogens is 252 g/mol. The van der Waals surface area contributed by atoms with Crippen molar-refractivity contribution >= 4 is 17.5 Å². The summed E-state index contributed by atoms with van der Waals surface area (Å²) in [5, 5.41) is 2.71. The second-order valence-corrected chi connectivity index (χ2v) is 5.46. The molecule has 1 fully saturated rings. The molecule has 0 bridgehead atoms. The highest BCUT2D eigenvalue weighted by molar-refractivity contribution is 5.96. The second-order valence-electron chi connectivity index (χ2n) is 5.46. The summed E-state index contributed by atoms with van der Waals surface area (Å²) in [4.78, 5) is 25.6. The maximum absolute atomic E-state index is 12.5. The van der Waals surface area contributed by atoms with Crippen molar-refractivity contribution in [3.05, 3.63) is 29.8 Å². The van der Waals surface area contributed by atoms with E-state index in [1.807, 2.05) is 11.0 Å². The van der Waals surface area contributed by atoms with Crippen LogP contribution in [0, 0.1) is 5.92 Å². The van der Waals surface area contributed by atoms with E-state index in [1.165, 1.54) is 19.8 Å². The SMILES string of the molecule is CCCN(CC1CC1)C(=O)c1cccc(NC(C)=O)c1. The molecule has 0 aliphatic heterocycles. The molecule has 1 saturated carbocycles. The highest BCUT2D eigenvalue weighted by atomic mass is 16.2. The maximum atomic E-state index is 12.5. The summed E-state index contributed by atoms with van der Waals surface area (Å²) in [5.74, 6) is 0.618. The molecule has 0 spiro atoms. The Balaban J connectivity index is 2.10. The number of nitrogens with zero attached hydrogens (tertiary/aromatic N) is 1. The summed E-state index contributed by atoms with van der Waals surface area (Å²) < 4.78 is 0. The van der Waals surface area contributed by atoms with E-state index in [9.17, 15) is 9.59 Å². The third kappa shape index (κ3) is 4.08. The van der Waals surface area contributed by atoms with Gasteiger partial charge in [-0.25, -0.2) is 0 Å². The van der Waals surface area contributed by atoms with Gasteiger partial charge in [-0.2, -0.15) is 0 Å². The lowest BCUT2D eigenvalue weighted by Gasteiger charge is -2.22. The lowest BCUT2D eigenvalue weighted by atomic mass is 10.1. The quantitative estimate of drug-likeness (QED) is 0.867. The lowest BCUT2D eigenvalue weighted by Crippen LogP contribution is -2.33. The average molecular weight is 274 g/mol. The lowest BCUT2D eigenvalue weighted by molar-refractivity contribution is -0.114. The number of anilines is 1. The molecule has 20 heavy (non-hydrogen) atoms. The van der Waals surface area contributed by atoms with Gasteiger partial charge in [-0.3, -0.25) is 9.59 Å². The van der Waals surface area contributed by atoms with Crippen molar-refractivity contribution in [2.24, 2.45) is 5.92 Å². The van der Waals surface area contributed by atoms with Crippen LogP contribution < -0.4 is 5.32 Å². The van der Waals surface area contributed by atoms with Crippen LogP contribution in [0.25, 0.3) is 0 Å². The van der Waals surface area contributed by atoms with Crippen LogP contribution in [0.1, 0.15) is 43.5 Å². The molecule has 4 nitrogen and oxygen atoms in total. The number of hydrogen-bond acceptors (Lipinski definition) is 2. The van der Waals surface area contributed by atoms with Crippen LogP contribution in [0.3, 0.4) is 0 Å². The first kappa shape index (κ1) is 14.6. The molecule has 0 heterocycles. The Bertz CT molecular complexity index is 495. The van der Waals surface area contributed by atoms with E-state index in [2.05, 4.69) is 12.2 Å². The Morgan fingerprint density at radius 1 is 1.35 bits per heavy atom. The van der Waals surface area contributed by atoms with E-state index in [0.29, 0.717) is 17.2 Å². The molecule has 0 aromatic heterocycles. The monoisotopic (exact) mass is 274 g/mol. The van der Waals surface area contributed by atoms with Gasteiger partial charge in [0, 0.05) is 31.3 Å². The Morgan fingerprint density at radius 3 is 2.70 bits per heavy atom. The van der Waals surface area contributed by atoms with Crippen LogP contribution >= 0.6 is 0 Å². The number of carbonyl (C=O) groups excluding carboxylic acids is 2. The molecule has 0 radical (unpaired) electrons. The van der Waals surface area contributed by atoms with Crippen molar-refractivity contribution in [1.29, 1.82) is 0 Å². The normalized spacial score (nSPS) is 13.9. The molecule has 1 aromatic rings. The zero-order valence-corrected chi connectivity index (χ0v) is 12.2. The predicted molar refractivity (Wildman–Crippen MR) is 79.7 cm³/mol. The topological polar surface area (TPSA) is 49.4 Å². The Labute approximate surface area is 120 Å². The highest BCUT2D eigenvalue weighted by Crippen LogP contribution is 2.30. The third-order valence-electron chi connectivity index (χ3n) is 3.39. The zero-order chi connectivity index (χ0) is 14.5. The largest absolute Gasteiger partial charge is 0.338 e. The Morgan fingerprint density at radius 2 is 2.10 bits per heavy atom. The molecule has 2 rings (SSSR count). The number of hydrogen-bond donors (Lipinski definition) is 1. The summed E-state index contributed by atoms with van der Waals surface area (Å²) in [6, 6.07) is 7.16. The number of benzene rings is 1. The molecule has 108 valence electrons. The molecule has 0 atom stereocenters. The zero-order valence-electron chi connectivity index (χ0n) is 12.2. The fourth-order valence-electron chi connectivity index (χ4n) is 2.27. The van der Waals surface area contributed by atoms with Crippen LogP contribution in [0.2, 0.25) is 0 Å². The van der Waals surface area contributed by atoms with E-state index in [-0.39, 0.29) is 11.8 Å². The summed E-state index contributed by atoms with van der Waals surface area (Å²) in [6.45, 7) is 5.20. The van der Waals surface area contributed by atoms with Crippen molar-refractivity contribution in [2.45, 2.75) is 33.1 Å². The van der Waals surface area contributed by atoms with Gasteiger partial charge in [-0.15, -0.1) is 0 Å². The standard InChI is InChI=1S/C16H22N2O2/c1-3-9-18(11-13-7-8-13)16(20)14-5-4-6-15(10-14)17-12(2)19/h4-6,10,13H,3,7-9,11H2,1-2H3,(H,17,19). The van der Waals surface area contributed by atoms with Gasteiger partial charge in [0.1, 0.15) is 0 Å². The highest BCUT2D eigenvalue weighted by Gasteiger charge is 2.26. The first-order chi connectivity index (χ1) is 9.60. The minimum absolute atomic E-state index is 0.0611. The fraction of sp³-hybridized carbons (Fsp3) is 0.500. The van der Waals surface area contributed by atoms with Crippen LogP contribution in [0.5, 0.6) is 0 Å². The summed E-state index contributed by atoms with van der Waals surface area (Å²) in [7, 11) is 0. The van der Waals surface area contributed by atoms with Crippen molar-refractivity contribution in [1.82, 2.24) is 4.90 Å². The Hall–Kier alpha value is -1.84. The first-order valence-corrected chi connectivity index (χ1v) is 7.27. The molecule has 2 amide bonds. The van der Waals surface area contributed by atoms with Gasteiger partial charge in [0.05, 0.1) is 0 Å². The van der Waals surface area contributed by atoms with Gasteiger partial charge in [0.25, 0.3) is 5.91 Å². The van der Waals surface area contributed by atoms with Gasteiger partial charge in [0.2, 0.25) is 5.91 Å². The van der Waals surface area contributed by atoms with E-state index in [0.717, 1.165) is 19.5 Å². The molecule has 0 saturated heterocycles. The average Bonchev–Trinajstić information content (AvgIpc) is 3.21. The van der Waals surface area contributed by atoms with E-state index in [1.54, 1.807) is 18.2 Å². The number of amides is 2. The third-order valence-corrected chi connectivity index (χ3v) is 3.39. The van der Waals surface area contributed by atoms with Gasteiger partial charge in [-0.1, -0.05) is 13.0 Å². The number of carbonyl (C=O) groups is 2. The second kappa shape index (κ2) is 6.55. The van der Waals surface area contributed by atoms with E-state index < -0.39 is 0 Å². The summed E-state index contributed by atoms with van der Waals surface area (Å²) >= 11 is 0. The van der Waals surface area contributed by atoms with E-state index in [4.69, 9.17) is 0 Å². The molecule has 0 unspecified atom stereocenters. The molecule has 1 aromatic carbocycles. The summed E-state index contributed by atoms with van der Waals surface area (Å²) in [6.07, 6.45) is 3.43.